The van der Waals surface area contributed by atoms with Crippen LogP contribution in [0.1, 0.15) is 23.1 Å². The number of carbonyl (C=O) groups excluding carboxylic acids is 3. The molecule has 0 unspecified atom stereocenters. The fraction of sp³-hybridized carbons (Fsp3) is 0.286. The minimum atomic E-state index is -1.19. The van der Waals surface area contributed by atoms with Crippen LogP contribution in [0.4, 0.5) is 4.79 Å². The molecule has 0 aromatic heterocycles. The maximum atomic E-state index is 13.1. The molecule has 0 saturated carbocycles. The maximum Gasteiger partial charge on any atom is 0.326 e. The Bertz CT molecular complexity index is 940. The molecule has 2 aliphatic heterocycles. The lowest BCUT2D eigenvalue weighted by molar-refractivity contribution is -0.149. The van der Waals surface area contributed by atoms with Gasteiger partial charge in [0.1, 0.15) is 18.9 Å². The van der Waals surface area contributed by atoms with E-state index in [1.165, 1.54) is 0 Å². The number of ether oxygens (including phenoxy) is 2. The summed E-state index contributed by atoms with van der Waals surface area (Å²) in [5.74, 6) is -0.534. The zero-order valence-corrected chi connectivity index (χ0v) is 15.4. The summed E-state index contributed by atoms with van der Waals surface area (Å²) in [6.45, 7) is 1.93. The first-order chi connectivity index (χ1) is 13.5. The topological polar surface area (TPSA) is 84.9 Å². The van der Waals surface area contributed by atoms with Gasteiger partial charge in [0.25, 0.3) is 5.91 Å². The van der Waals surface area contributed by atoms with Gasteiger partial charge in [0.15, 0.2) is 5.54 Å². The summed E-state index contributed by atoms with van der Waals surface area (Å²) in [7, 11) is 0. The van der Waals surface area contributed by atoms with E-state index in [-0.39, 0.29) is 6.61 Å². The zero-order chi connectivity index (χ0) is 19.7. The molecule has 2 aliphatic rings. The van der Waals surface area contributed by atoms with Crippen molar-refractivity contribution < 1.29 is 23.9 Å². The van der Waals surface area contributed by atoms with E-state index in [1.807, 2.05) is 31.2 Å². The van der Waals surface area contributed by atoms with Crippen LogP contribution in [0.2, 0.25) is 0 Å². The lowest BCUT2D eigenvalue weighted by atomic mass is 9.84. The highest BCUT2D eigenvalue weighted by Gasteiger charge is 2.55. The van der Waals surface area contributed by atoms with E-state index in [9.17, 15) is 14.4 Å². The van der Waals surface area contributed by atoms with E-state index >= 15 is 0 Å². The molecular formula is C21H20N2O5. The first-order valence-corrected chi connectivity index (χ1v) is 9.07. The van der Waals surface area contributed by atoms with Crippen molar-refractivity contribution in [1.82, 2.24) is 10.2 Å². The number of carbonyl (C=O) groups is 3. The SMILES string of the molecule is Cc1ccc(COC(=O)CN2C(=O)N[C@]3(CCOc4ccccc43)C2=O)cc1. The molecule has 1 atom stereocenters. The summed E-state index contributed by atoms with van der Waals surface area (Å²) in [6, 6.07) is 14.1. The van der Waals surface area contributed by atoms with Gasteiger partial charge >= 0.3 is 12.0 Å². The number of esters is 1. The zero-order valence-electron chi connectivity index (χ0n) is 15.4. The predicted octanol–water partition coefficient (Wildman–Crippen LogP) is 2.27. The molecule has 7 nitrogen and oxygen atoms in total. The molecule has 1 fully saturated rings. The summed E-state index contributed by atoms with van der Waals surface area (Å²) in [6.07, 6.45) is 0.309. The Labute approximate surface area is 162 Å². The average Bonchev–Trinajstić information content (AvgIpc) is 2.93. The molecule has 3 amide bonds. The Kier molecular flexibility index (Phi) is 4.50. The molecule has 1 N–H and O–H groups in total. The van der Waals surface area contributed by atoms with Crippen LogP contribution in [0.3, 0.4) is 0 Å². The molecule has 144 valence electrons. The third kappa shape index (κ3) is 3.09. The van der Waals surface area contributed by atoms with Crippen LogP contribution >= 0.6 is 0 Å². The number of aryl methyl sites for hydroxylation is 1. The second-order valence-corrected chi connectivity index (χ2v) is 6.97. The molecule has 1 spiro atoms. The van der Waals surface area contributed by atoms with Crippen molar-refractivity contribution in [2.75, 3.05) is 13.2 Å². The van der Waals surface area contributed by atoms with E-state index in [0.29, 0.717) is 24.3 Å². The molecule has 7 heteroatoms. The molecular weight excluding hydrogens is 360 g/mol. The molecule has 0 aliphatic carbocycles. The number of imide groups is 1. The number of hydrogen-bond donors (Lipinski definition) is 1. The Morgan fingerprint density at radius 1 is 1.18 bits per heavy atom. The van der Waals surface area contributed by atoms with Crippen LogP contribution in [0, 0.1) is 6.92 Å². The molecule has 2 aromatic carbocycles. The molecule has 4 rings (SSSR count). The van der Waals surface area contributed by atoms with Gasteiger partial charge in [0.05, 0.1) is 6.61 Å². The number of urea groups is 1. The molecule has 1 saturated heterocycles. The van der Waals surface area contributed by atoms with Gasteiger partial charge in [0, 0.05) is 12.0 Å². The number of hydrogen-bond acceptors (Lipinski definition) is 5. The van der Waals surface area contributed by atoms with Crippen LogP contribution in [-0.2, 0) is 26.5 Å². The predicted molar refractivity (Wildman–Crippen MR) is 99.5 cm³/mol. The number of amides is 3. The third-order valence-corrected chi connectivity index (χ3v) is 5.06. The lowest BCUT2D eigenvalue weighted by Gasteiger charge is -2.33. The van der Waals surface area contributed by atoms with Crippen LogP contribution < -0.4 is 10.1 Å². The first kappa shape index (κ1) is 18.0. The summed E-state index contributed by atoms with van der Waals surface area (Å²) in [5, 5.41) is 2.76. The largest absolute Gasteiger partial charge is 0.493 e. The van der Waals surface area contributed by atoms with E-state index in [4.69, 9.17) is 9.47 Å². The Balaban J connectivity index is 1.46. The average molecular weight is 380 g/mol. The fourth-order valence-corrected chi connectivity index (χ4v) is 3.54. The van der Waals surface area contributed by atoms with E-state index in [1.54, 1.807) is 24.3 Å². The summed E-state index contributed by atoms with van der Waals surface area (Å²) < 4.78 is 10.8. The van der Waals surface area contributed by atoms with Crippen LogP contribution in [0.15, 0.2) is 48.5 Å². The van der Waals surface area contributed by atoms with Gasteiger partial charge in [-0.3, -0.25) is 14.5 Å². The highest BCUT2D eigenvalue weighted by molar-refractivity contribution is 6.09. The van der Waals surface area contributed by atoms with Gasteiger partial charge in [-0.05, 0) is 18.6 Å². The van der Waals surface area contributed by atoms with Gasteiger partial charge in [-0.15, -0.1) is 0 Å². The monoisotopic (exact) mass is 380 g/mol. The lowest BCUT2D eigenvalue weighted by Crippen LogP contribution is -2.47. The Morgan fingerprint density at radius 3 is 2.71 bits per heavy atom. The fourth-order valence-electron chi connectivity index (χ4n) is 3.54. The Morgan fingerprint density at radius 2 is 1.93 bits per heavy atom. The number of fused-ring (bicyclic) bond motifs is 2. The number of nitrogens with one attached hydrogen (secondary N) is 1. The van der Waals surface area contributed by atoms with Gasteiger partial charge < -0.3 is 14.8 Å². The minimum Gasteiger partial charge on any atom is -0.493 e. The smallest absolute Gasteiger partial charge is 0.326 e. The highest BCUT2D eigenvalue weighted by atomic mass is 16.5. The summed E-state index contributed by atoms with van der Waals surface area (Å²) in [4.78, 5) is 38.7. The van der Waals surface area contributed by atoms with Crippen molar-refractivity contribution in [3.8, 4) is 5.75 Å². The van der Waals surface area contributed by atoms with Gasteiger partial charge in [-0.25, -0.2) is 4.79 Å². The number of nitrogens with zero attached hydrogens (tertiary/aromatic N) is 1. The van der Waals surface area contributed by atoms with E-state index in [0.717, 1.165) is 16.0 Å². The second kappa shape index (κ2) is 6.99. The van der Waals surface area contributed by atoms with Gasteiger partial charge in [-0.1, -0.05) is 48.0 Å². The van der Waals surface area contributed by atoms with Crippen molar-refractivity contribution in [3.05, 3.63) is 65.2 Å². The van der Waals surface area contributed by atoms with Gasteiger partial charge in [0.2, 0.25) is 0 Å². The third-order valence-electron chi connectivity index (χ3n) is 5.06. The maximum absolute atomic E-state index is 13.1. The summed E-state index contributed by atoms with van der Waals surface area (Å²) in [5.41, 5.74) is 1.36. The molecule has 0 bridgehead atoms. The molecule has 2 heterocycles. The molecule has 2 aromatic rings. The summed E-state index contributed by atoms with van der Waals surface area (Å²) >= 11 is 0. The van der Waals surface area contributed by atoms with Crippen molar-refractivity contribution in [2.45, 2.75) is 25.5 Å². The van der Waals surface area contributed by atoms with Crippen molar-refractivity contribution in [3.63, 3.8) is 0 Å². The van der Waals surface area contributed by atoms with Crippen LogP contribution in [0.25, 0.3) is 0 Å². The van der Waals surface area contributed by atoms with E-state index < -0.39 is 30.0 Å². The highest BCUT2D eigenvalue weighted by Crippen LogP contribution is 2.40. The van der Waals surface area contributed by atoms with Gasteiger partial charge in [-0.2, -0.15) is 0 Å². The number of rotatable bonds is 4. The first-order valence-electron chi connectivity index (χ1n) is 9.07. The van der Waals surface area contributed by atoms with Crippen molar-refractivity contribution in [1.29, 1.82) is 0 Å². The minimum absolute atomic E-state index is 0.0879. The normalized spacial score (nSPS) is 20.5. The number of benzene rings is 2. The van der Waals surface area contributed by atoms with Crippen LogP contribution in [0.5, 0.6) is 5.75 Å². The quantitative estimate of drug-likeness (QED) is 0.650. The van der Waals surface area contributed by atoms with Crippen molar-refractivity contribution >= 4 is 17.9 Å². The van der Waals surface area contributed by atoms with Crippen LogP contribution in [-0.4, -0.2) is 36.0 Å². The van der Waals surface area contributed by atoms with Crippen molar-refractivity contribution in [2.24, 2.45) is 0 Å². The Hall–Kier alpha value is -3.35. The second-order valence-electron chi connectivity index (χ2n) is 6.97. The number of para-hydroxylation sites is 1. The molecule has 0 radical (unpaired) electrons. The van der Waals surface area contributed by atoms with E-state index in [2.05, 4.69) is 5.32 Å². The standard InChI is InChI=1S/C21H20N2O5/c1-14-6-8-15(9-7-14)13-28-18(24)12-23-19(25)21(22-20(23)26)10-11-27-17-5-3-2-4-16(17)21/h2-9H,10-13H2,1H3,(H,22,26)/t21-/m0/s1. The molecule has 28 heavy (non-hydrogen) atoms.